The van der Waals surface area contributed by atoms with Crippen molar-refractivity contribution in [3.63, 3.8) is 0 Å². The van der Waals surface area contributed by atoms with Gasteiger partial charge in [-0.25, -0.2) is 0 Å². The predicted octanol–water partition coefficient (Wildman–Crippen LogP) is 3.95. The van der Waals surface area contributed by atoms with Crippen molar-refractivity contribution in [2.24, 2.45) is 5.41 Å². The molecule has 0 saturated carbocycles. The summed E-state index contributed by atoms with van der Waals surface area (Å²) >= 11 is 0. The number of benzene rings is 2. The van der Waals surface area contributed by atoms with Crippen molar-refractivity contribution in [1.82, 2.24) is 15.4 Å². The molecule has 2 heterocycles. The van der Waals surface area contributed by atoms with Crippen LogP contribution >= 0.6 is 0 Å². The lowest BCUT2D eigenvalue weighted by atomic mass is 9.75. The number of hydrogen-bond donors (Lipinski definition) is 1. The van der Waals surface area contributed by atoms with E-state index in [0.717, 1.165) is 17.7 Å². The van der Waals surface area contributed by atoms with Gasteiger partial charge in [0.25, 0.3) is 5.91 Å². The van der Waals surface area contributed by atoms with E-state index in [2.05, 4.69) is 10.5 Å². The molecular weight excluding hydrogens is 418 g/mol. The van der Waals surface area contributed by atoms with Crippen molar-refractivity contribution >= 4 is 11.8 Å². The van der Waals surface area contributed by atoms with E-state index in [9.17, 15) is 9.59 Å². The third-order valence-corrected chi connectivity index (χ3v) is 6.16. The molecule has 4 rings (SSSR count). The van der Waals surface area contributed by atoms with E-state index in [1.807, 2.05) is 55.5 Å². The largest absolute Gasteiger partial charge is 0.496 e. The summed E-state index contributed by atoms with van der Waals surface area (Å²) in [4.78, 5) is 28.4. The second-order valence-corrected chi connectivity index (χ2v) is 8.39. The van der Waals surface area contributed by atoms with E-state index in [4.69, 9.17) is 9.26 Å². The molecular formula is C26H29N3O4. The number of ether oxygens (including phenoxy) is 1. The van der Waals surface area contributed by atoms with Gasteiger partial charge >= 0.3 is 0 Å². The van der Waals surface area contributed by atoms with E-state index in [1.54, 1.807) is 24.1 Å². The lowest BCUT2D eigenvalue weighted by Gasteiger charge is -2.41. The van der Waals surface area contributed by atoms with Crippen LogP contribution in [-0.2, 0) is 11.2 Å². The second kappa shape index (κ2) is 9.90. The molecule has 1 atom stereocenters. The lowest BCUT2D eigenvalue weighted by Crippen LogP contribution is -2.54. The molecule has 1 aliphatic heterocycles. The summed E-state index contributed by atoms with van der Waals surface area (Å²) in [6, 6.07) is 18.8. The first-order valence-corrected chi connectivity index (χ1v) is 11.3. The molecule has 1 N–H and O–H groups in total. The Hall–Kier alpha value is -3.61. The van der Waals surface area contributed by atoms with Crippen LogP contribution in [0.15, 0.2) is 65.2 Å². The number of nitrogens with one attached hydrogen (secondary N) is 1. The van der Waals surface area contributed by atoms with Gasteiger partial charge in [0.2, 0.25) is 5.91 Å². The van der Waals surface area contributed by atoms with E-state index >= 15 is 0 Å². The SMILES string of the molecule is CCNC(=O)C1(Cc2cc(-c3ccccc3)no2)CCCN(C(=O)c2ccccc2OC)C1. The molecule has 1 unspecified atom stereocenters. The highest BCUT2D eigenvalue weighted by atomic mass is 16.5. The molecule has 0 spiro atoms. The highest BCUT2D eigenvalue weighted by Gasteiger charge is 2.44. The first-order chi connectivity index (χ1) is 16.1. The molecule has 1 fully saturated rings. The van der Waals surface area contributed by atoms with Crippen LogP contribution in [-0.4, -0.2) is 48.6 Å². The average molecular weight is 448 g/mol. The lowest BCUT2D eigenvalue weighted by molar-refractivity contribution is -0.133. The molecule has 0 bridgehead atoms. The topological polar surface area (TPSA) is 84.7 Å². The molecule has 172 valence electrons. The van der Waals surface area contributed by atoms with Crippen LogP contribution in [0.3, 0.4) is 0 Å². The molecule has 1 aromatic heterocycles. The standard InChI is InChI=1S/C26H29N3O4/c1-3-27-25(31)26(17-20-16-22(28-33-20)19-10-5-4-6-11-19)14-9-15-29(18-26)24(30)21-12-7-8-13-23(21)32-2/h4-8,10-13,16H,3,9,14-15,17-18H2,1-2H3,(H,27,31). The minimum Gasteiger partial charge on any atom is -0.496 e. The molecule has 0 aliphatic carbocycles. The highest BCUT2D eigenvalue weighted by molar-refractivity contribution is 5.97. The average Bonchev–Trinajstić information content (AvgIpc) is 3.32. The maximum absolute atomic E-state index is 13.4. The van der Waals surface area contributed by atoms with Crippen molar-refractivity contribution in [3.05, 3.63) is 72.0 Å². The number of likely N-dealkylation sites (tertiary alicyclic amines) is 1. The Morgan fingerprint density at radius 3 is 2.67 bits per heavy atom. The van der Waals surface area contributed by atoms with Crippen molar-refractivity contribution in [3.8, 4) is 17.0 Å². The number of hydrogen-bond acceptors (Lipinski definition) is 5. The van der Waals surface area contributed by atoms with Gasteiger partial charge in [-0.3, -0.25) is 9.59 Å². The van der Waals surface area contributed by atoms with Crippen molar-refractivity contribution < 1.29 is 18.8 Å². The summed E-state index contributed by atoms with van der Waals surface area (Å²) in [5.74, 6) is 0.953. The number of nitrogens with zero attached hydrogens (tertiary/aromatic N) is 2. The van der Waals surface area contributed by atoms with Crippen LogP contribution in [0.4, 0.5) is 0 Å². The normalized spacial score (nSPS) is 18.1. The van der Waals surface area contributed by atoms with Gasteiger partial charge in [-0.05, 0) is 31.9 Å². The van der Waals surface area contributed by atoms with Crippen LogP contribution in [0, 0.1) is 5.41 Å². The van der Waals surface area contributed by atoms with Crippen LogP contribution in [0.25, 0.3) is 11.3 Å². The van der Waals surface area contributed by atoms with Crippen molar-refractivity contribution in [2.45, 2.75) is 26.2 Å². The molecule has 2 aromatic carbocycles. The van der Waals surface area contributed by atoms with Crippen LogP contribution in [0.5, 0.6) is 5.75 Å². The first kappa shape index (κ1) is 22.6. The number of carbonyl (C=O) groups is 2. The quantitative estimate of drug-likeness (QED) is 0.593. The molecule has 33 heavy (non-hydrogen) atoms. The minimum atomic E-state index is -0.792. The van der Waals surface area contributed by atoms with E-state index in [-0.39, 0.29) is 11.8 Å². The summed E-state index contributed by atoms with van der Waals surface area (Å²) in [6.07, 6.45) is 1.75. The van der Waals surface area contributed by atoms with Gasteiger partial charge in [0.15, 0.2) is 0 Å². The van der Waals surface area contributed by atoms with Crippen LogP contribution in [0.1, 0.15) is 35.9 Å². The summed E-state index contributed by atoms with van der Waals surface area (Å²) in [6.45, 7) is 3.31. The number of rotatable bonds is 7. The van der Waals surface area contributed by atoms with Crippen molar-refractivity contribution in [1.29, 1.82) is 0 Å². The summed E-state index contributed by atoms with van der Waals surface area (Å²) in [7, 11) is 1.55. The zero-order chi connectivity index (χ0) is 23.3. The van der Waals surface area contributed by atoms with Gasteiger partial charge in [-0.1, -0.05) is 47.6 Å². The molecule has 7 heteroatoms. The number of para-hydroxylation sites is 1. The van der Waals surface area contributed by atoms with E-state index < -0.39 is 5.41 Å². The van der Waals surface area contributed by atoms with Gasteiger partial charge in [0, 0.05) is 37.7 Å². The number of amides is 2. The second-order valence-electron chi connectivity index (χ2n) is 8.39. The minimum absolute atomic E-state index is 0.0693. The van der Waals surface area contributed by atoms with Crippen LogP contribution in [0.2, 0.25) is 0 Å². The maximum atomic E-state index is 13.4. The van der Waals surface area contributed by atoms with Crippen molar-refractivity contribution in [2.75, 3.05) is 26.7 Å². The van der Waals surface area contributed by atoms with Crippen LogP contribution < -0.4 is 10.1 Å². The Labute approximate surface area is 193 Å². The van der Waals surface area contributed by atoms with E-state index in [1.165, 1.54) is 0 Å². The van der Waals surface area contributed by atoms with Gasteiger partial charge < -0.3 is 19.5 Å². The maximum Gasteiger partial charge on any atom is 0.257 e. The molecule has 2 amide bonds. The molecule has 3 aromatic rings. The number of piperidine rings is 1. The van der Waals surface area contributed by atoms with Gasteiger partial charge in [0.05, 0.1) is 18.1 Å². The summed E-state index contributed by atoms with van der Waals surface area (Å²) < 4.78 is 11.0. The Morgan fingerprint density at radius 1 is 1.15 bits per heavy atom. The number of carbonyl (C=O) groups excluding carboxylic acids is 2. The Bertz CT molecular complexity index is 1110. The first-order valence-electron chi connectivity index (χ1n) is 11.3. The highest BCUT2D eigenvalue weighted by Crippen LogP contribution is 2.36. The predicted molar refractivity (Wildman–Crippen MR) is 125 cm³/mol. The molecule has 0 radical (unpaired) electrons. The fraction of sp³-hybridized carbons (Fsp3) is 0.346. The fourth-order valence-electron chi connectivity index (χ4n) is 4.53. The van der Waals surface area contributed by atoms with E-state index in [0.29, 0.717) is 49.5 Å². The Kier molecular flexibility index (Phi) is 6.77. The summed E-state index contributed by atoms with van der Waals surface area (Å²) in [5, 5.41) is 7.18. The molecule has 1 saturated heterocycles. The zero-order valence-electron chi connectivity index (χ0n) is 19.0. The third kappa shape index (κ3) is 4.77. The fourth-order valence-corrected chi connectivity index (χ4v) is 4.53. The summed E-state index contributed by atoms with van der Waals surface area (Å²) in [5.41, 5.74) is 1.39. The smallest absolute Gasteiger partial charge is 0.257 e. The third-order valence-electron chi connectivity index (χ3n) is 6.16. The van der Waals surface area contributed by atoms with Gasteiger partial charge in [-0.15, -0.1) is 0 Å². The number of aromatic nitrogens is 1. The number of methoxy groups -OCH3 is 1. The zero-order valence-corrected chi connectivity index (χ0v) is 19.0. The molecule has 7 nitrogen and oxygen atoms in total. The monoisotopic (exact) mass is 447 g/mol. The van der Waals surface area contributed by atoms with Gasteiger partial charge in [0.1, 0.15) is 17.2 Å². The Balaban J connectivity index is 1.61. The van der Waals surface area contributed by atoms with Gasteiger partial charge in [-0.2, -0.15) is 0 Å². The molecule has 1 aliphatic rings. The Morgan fingerprint density at radius 2 is 1.91 bits per heavy atom.